The minimum atomic E-state index is 0.0659. The van der Waals surface area contributed by atoms with Crippen LogP contribution in [0.15, 0.2) is 28.6 Å². The lowest BCUT2D eigenvalue weighted by Gasteiger charge is -2.33. The Kier molecular flexibility index (Phi) is 6.70. The highest BCUT2D eigenvalue weighted by Gasteiger charge is 2.21. The summed E-state index contributed by atoms with van der Waals surface area (Å²) in [5.74, 6) is 0.457. The first-order valence-corrected chi connectivity index (χ1v) is 10.5. The summed E-state index contributed by atoms with van der Waals surface area (Å²) in [5, 5.41) is 12.8. The molecule has 1 aliphatic heterocycles. The normalized spacial score (nSPS) is 18.2. The molecule has 8 heteroatoms. The number of piperidine rings is 1. The number of carbonyl (C=O) groups excluding carboxylic acids is 1. The second-order valence-corrected chi connectivity index (χ2v) is 8.98. The van der Waals surface area contributed by atoms with Crippen molar-refractivity contribution in [1.82, 2.24) is 20.4 Å². The molecule has 0 radical (unpaired) electrons. The topological polar surface area (TPSA) is 58.1 Å². The first-order chi connectivity index (χ1) is 12.1. The molecular weight excluding hydrogens is 376 g/mol. The maximum absolute atomic E-state index is 12.2. The van der Waals surface area contributed by atoms with E-state index in [0.717, 1.165) is 46.8 Å². The number of aromatic nitrogens is 2. The molecule has 1 aromatic carbocycles. The van der Waals surface area contributed by atoms with Crippen LogP contribution in [0.25, 0.3) is 0 Å². The van der Waals surface area contributed by atoms with E-state index < -0.39 is 0 Å². The first-order valence-electron chi connectivity index (χ1n) is 8.27. The molecule has 1 saturated heterocycles. The molecule has 2 aromatic rings. The van der Waals surface area contributed by atoms with Gasteiger partial charge in [-0.15, -0.1) is 10.2 Å². The van der Waals surface area contributed by atoms with Crippen LogP contribution in [0.5, 0.6) is 0 Å². The maximum Gasteiger partial charge on any atom is 0.230 e. The summed E-state index contributed by atoms with van der Waals surface area (Å²) in [6.45, 7) is 4.76. The van der Waals surface area contributed by atoms with E-state index in [0.29, 0.717) is 5.75 Å². The minimum Gasteiger partial charge on any atom is -0.351 e. The van der Waals surface area contributed by atoms with Gasteiger partial charge < -0.3 is 5.32 Å². The number of aryl methyl sites for hydroxylation is 1. The van der Waals surface area contributed by atoms with Crippen molar-refractivity contribution in [1.29, 1.82) is 0 Å². The van der Waals surface area contributed by atoms with E-state index in [9.17, 15) is 4.79 Å². The molecule has 0 unspecified atom stereocenters. The zero-order valence-electron chi connectivity index (χ0n) is 14.1. The number of carbonyl (C=O) groups is 1. The van der Waals surface area contributed by atoms with Gasteiger partial charge in [0.2, 0.25) is 5.91 Å². The summed E-state index contributed by atoms with van der Waals surface area (Å²) in [4.78, 5) is 14.6. The molecule has 0 spiro atoms. The van der Waals surface area contributed by atoms with Crippen molar-refractivity contribution in [2.24, 2.45) is 0 Å². The fourth-order valence-electron chi connectivity index (χ4n) is 2.90. The fraction of sp³-hybridized carbons (Fsp3) is 0.471. The Morgan fingerprint density at radius 3 is 2.92 bits per heavy atom. The summed E-state index contributed by atoms with van der Waals surface area (Å²) in [6, 6.07) is 8.18. The third kappa shape index (κ3) is 5.95. The highest BCUT2D eigenvalue weighted by molar-refractivity contribution is 8.01. The van der Waals surface area contributed by atoms with Gasteiger partial charge in [0.15, 0.2) is 4.34 Å². The second kappa shape index (κ2) is 8.98. The van der Waals surface area contributed by atoms with Crippen LogP contribution in [0.2, 0.25) is 5.02 Å². The van der Waals surface area contributed by atoms with E-state index in [1.807, 2.05) is 19.1 Å². The van der Waals surface area contributed by atoms with Crippen molar-refractivity contribution >= 4 is 40.6 Å². The molecule has 3 rings (SSSR count). The summed E-state index contributed by atoms with van der Waals surface area (Å²) in [6.07, 6.45) is 2.13. The maximum atomic E-state index is 12.2. The van der Waals surface area contributed by atoms with Crippen LogP contribution in [-0.4, -0.2) is 45.9 Å². The predicted molar refractivity (Wildman–Crippen MR) is 103 cm³/mol. The number of hydrogen-bond donors (Lipinski definition) is 1. The quantitative estimate of drug-likeness (QED) is 0.758. The number of thioether (sulfide) groups is 1. The van der Waals surface area contributed by atoms with Gasteiger partial charge in [-0.1, -0.05) is 46.8 Å². The molecule has 5 nitrogen and oxygen atoms in total. The number of nitrogens with zero attached hydrogens (tertiary/aromatic N) is 3. The Morgan fingerprint density at radius 1 is 1.40 bits per heavy atom. The molecule has 1 atom stereocenters. The molecule has 25 heavy (non-hydrogen) atoms. The largest absolute Gasteiger partial charge is 0.351 e. The number of benzene rings is 1. The Labute approximate surface area is 161 Å². The predicted octanol–water partition coefficient (Wildman–Crippen LogP) is 3.37. The van der Waals surface area contributed by atoms with Crippen molar-refractivity contribution in [3.63, 3.8) is 0 Å². The van der Waals surface area contributed by atoms with Crippen LogP contribution in [0.4, 0.5) is 0 Å². The lowest BCUT2D eigenvalue weighted by atomic mass is 10.0. The van der Waals surface area contributed by atoms with Gasteiger partial charge in [0.05, 0.1) is 5.75 Å². The Balaban J connectivity index is 1.44. The molecule has 0 saturated carbocycles. The zero-order chi connectivity index (χ0) is 17.6. The monoisotopic (exact) mass is 396 g/mol. The average molecular weight is 397 g/mol. The number of rotatable bonds is 6. The number of nitrogens with one attached hydrogen (secondary N) is 1. The third-order valence-electron chi connectivity index (χ3n) is 4.02. The molecular formula is C17H21ClN4OS2. The summed E-state index contributed by atoms with van der Waals surface area (Å²) >= 11 is 8.91. The highest BCUT2D eigenvalue weighted by Crippen LogP contribution is 2.21. The van der Waals surface area contributed by atoms with Gasteiger partial charge in [-0.3, -0.25) is 9.69 Å². The van der Waals surface area contributed by atoms with E-state index in [2.05, 4.69) is 32.5 Å². The number of likely N-dealkylation sites (tertiary alicyclic amines) is 1. The van der Waals surface area contributed by atoms with E-state index in [4.69, 9.17) is 11.6 Å². The van der Waals surface area contributed by atoms with Crippen molar-refractivity contribution in [2.75, 3.05) is 18.8 Å². The number of hydrogen-bond acceptors (Lipinski definition) is 6. The van der Waals surface area contributed by atoms with Crippen LogP contribution in [-0.2, 0) is 11.3 Å². The van der Waals surface area contributed by atoms with Gasteiger partial charge >= 0.3 is 0 Å². The van der Waals surface area contributed by atoms with Crippen molar-refractivity contribution in [2.45, 2.75) is 36.7 Å². The van der Waals surface area contributed by atoms with Gasteiger partial charge in [0.25, 0.3) is 0 Å². The first kappa shape index (κ1) is 18.6. The van der Waals surface area contributed by atoms with Crippen molar-refractivity contribution in [3.8, 4) is 0 Å². The smallest absolute Gasteiger partial charge is 0.230 e. The van der Waals surface area contributed by atoms with Crippen LogP contribution >= 0.6 is 34.7 Å². The van der Waals surface area contributed by atoms with E-state index in [1.54, 1.807) is 0 Å². The SMILES string of the molecule is Cc1nnc(SCC(=O)N[C@H]2CCCN(Cc3ccc(Cl)cc3)C2)s1. The second-order valence-electron chi connectivity index (χ2n) is 6.14. The molecule has 1 amide bonds. The summed E-state index contributed by atoms with van der Waals surface area (Å²) < 4.78 is 0.848. The van der Waals surface area contributed by atoms with Gasteiger partial charge in [-0.05, 0) is 44.0 Å². The molecule has 1 fully saturated rings. The summed E-state index contributed by atoms with van der Waals surface area (Å²) in [7, 11) is 0. The van der Waals surface area contributed by atoms with Crippen molar-refractivity contribution in [3.05, 3.63) is 39.9 Å². The molecule has 0 bridgehead atoms. The average Bonchev–Trinajstić information content (AvgIpc) is 3.01. The van der Waals surface area contributed by atoms with E-state index in [1.165, 1.54) is 28.7 Å². The number of halogens is 1. The molecule has 134 valence electrons. The Morgan fingerprint density at radius 2 is 2.20 bits per heavy atom. The lowest BCUT2D eigenvalue weighted by Crippen LogP contribution is -2.47. The summed E-state index contributed by atoms with van der Waals surface area (Å²) in [5.41, 5.74) is 1.25. The Hall–Kier alpha value is -1.15. The van der Waals surface area contributed by atoms with E-state index in [-0.39, 0.29) is 11.9 Å². The lowest BCUT2D eigenvalue weighted by molar-refractivity contribution is -0.119. The molecule has 2 heterocycles. The molecule has 1 N–H and O–H groups in total. The number of amides is 1. The van der Waals surface area contributed by atoms with Crippen LogP contribution in [0.3, 0.4) is 0 Å². The standard InChI is InChI=1S/C17H21ClN4OS2/c1-12-20-21-17(25-12)24-11-16(23)19-15-3-2-8-22(10-15)9-13-4-6-14(18)7-5-13/h4-7,15H,2-3,8-11H2,1H3,(H,19,23)/t15-/m0/s1. The zero-order valence-corrected chi connectivity index (χ0v) is 16.5. The van der Waals surface area contributed by atoms with Crippen molar-refractivity contribution < 1.29 is 4.79 Å². The van der Waals surface area contributed by atoms with Gasteiger partial charge in [0, 0.05) is 24.2 Å². The van der Waals surface area contributed by atoms with Gasteiger partial charge in [-0.25, -0.2) is 0 Å². The minimum absolute atomic E-state index is 0.0659. The van der Waals surface area contributed by atoms with Crippen LogP contribution in [0.1, 0.15) is 23.4 Å². The van der Waals surface area contributed by atoms with Gasteiger partial charge in [-0.2, -0.15) is 0 Å². The highest BCUT2D eigenvalue weighted by atomic mass is 35.5. The molecule has 1 aromatic heterocycles. The van der Waals surface area contributed by atoms with Crippen LogP contribution in [0, 0.1) is 6.92 Å². The Bertz CT molecular complexity index is 707. The molecule has 0 aliphatic carbocycles. The van der Waals surface area contributed by atoms with Gasteiger partial charge in [0.1, 0.15) is 5.01 Å². The molecule has 1 aliphatic rings. The fourth-order valence-corrected chi connectivity index (χ4v) is 4.65. The van der Waals surface area contributed by atoms with E-state index >= 15 is 0 Å². The third-order valence-corrected chi connectivity index (χ3v) is 6.25. The van der Waals surface area contributed by atoms with Crippen LogP contribution < -0.4 is 5.32 Å².